The van der Waals surface area contributed by atoms with E-state index in [1.165, 1.54) is 16.7 Å². The van der Waals surface area contributed by atoms with E-state index in [1.54, 1.807) is 7.11 Å². The van der Waals surface area contributed by atoms with Gasteiger partial charge < -0.3 is 9.64 Å². The van der Waals surface area contributed by atoms with Crippen molar-refractivity contribution in [3.63, 3.8) is 0 Å². The number of ether oxygens (including phenoxy) is 1. The smallest absolute Gasteiger partial charge is 0.133 e. The molecule has 0 saturated heterocycles. The molecule has 1 heterocycles. The highest BCUT2D eigenvalue weighted by Crippen LogP contribution is 2.37. The summed E-state index contributed by atoms with van der Waals surface area (Å²) in [5.41, 5.74) is 4.18. The highest BCUT2D eigenvalue weighted by atomic mass is 79.9. The molecule has 0 amide bonds. The molecule has 0 aliphatic carbocycles. The van der Waals surface area contributed by atoms with Crippen molar-refractivity contribution in [1.29, 1.82) is 0 Å². The quantitative estimate of drug-likeness (QED) is 0.813. The lowest BCUT2D eigenvalue weighted by Gasteiger charge is -2.22. The van der Waals surface area contributed by atoms with Crippen LogP contribution < -0.4 is 4.74 Å². The van der Waals surface area contributed by atoms with Crippen LogP contribution in [0.4, 0.5) is 0 Å². The minimum absolute atomic E-state index is 0.399. The van der Waals surface area contributed by atoms with Gasteiger partial charge in [-0.25, -0.2) is 0 Å². The number of hydrogen-bond acceptors (Lipinski definition) is 2. The Hall–Kier alpha value is -1.32. The molecule has 2 aromatic rings. The Balaban J connectivity index is 2.12. The molecule has 1 atom stereocenters. The lowest BCUT2D eigenvalue weighted by molar-refractivity contribution is 0.338. The summed E-state index contributed by atoms with van der Waals surface area (Å²) in [6.45, 7) is 2.14. The van der Waals surface area contributed by atoms with Gasteiger partial charge in [-0.15, -0.1) is 0 Å². The van der Waals surface area contributed by atoms with Gasteiger partial charge in [0.15, 0.2) is 0 Å². The topological polar surface area (TPSA) is 12.5 Å². The van der Waals surface area contributed by atoms with Gasteiger partial charge in [0.1, 0.15) is 5.75 Å². The van der Waals surface area contributed by atoms with Crippen LogP contribution in [0, 0.1) is 0 Å². The predicted octanol–water partition coefficient (Wildman–Crippen LogP) is 4.08. The lowest BCUT2D eigenvalue weighted by Crippen LogP contribution is -2.24. The molecule has 21 heavy (non-hydrogen) atoms. The van der Waals surface area contributed by atoms with Gasteiger partial charge in [0.05, 0.1) is 11.6 Å². The van der Waals surface area contributed by atoms with Crippen LogP contribution in [0.3, 0.4) is 0 Å². The number of halogens is 1. The zero-order chi connectivity index (χ0) is 14.8. The fraction of sp³-hybridized carbons (Fsp3) is 0.333. The van der Waals surface area contributed by atoms with Crippen molar-refractivity contribution in [1.82, 2.24) is 4.90 Å². The molecule has 0 fully saturated rings. The third-order valence-corrected chi connectivity index (χ3v) is 4.87. The molecular formula is C18H20BrNO. The molecule has 0 radical (unpaired) electrons. The van der Waals surface area contributed by atoms with Crippen LogP contribution in [0.5, 0.6) is 5.75 Å². The van der Waals surface area contributed by atoms with E-state index in [-0.39, 0.29) is 0 Å². The number of nitrogens with zero attached hydrogens (tertiary/aromatic N) is 1. The average molecular weight is 346 g/mol. The normalized spacial score (nSPS) is 18.9. The van der Waals surface area contributed by atoms with E-state index in [4.69, 9.17) is 4.74 Å². The van der Waals surface area contributed by atoms with Crippen molar-refractivity contribution in [2.75, 3.05) is 27.2 Å². The molecule has 0 unspecified atom stereocenters. The van der Waals surface area contributed by atoms with Crippen LogP contribution in [0.2, 0.25) is 0 Å². The number of methoxy groups -OCH3 is 1. The maximum atomic E-state index is 5.50. The highest BCUT2D eigenvalue weighted by Gasteiger charge is 2.24. The maximum Gasteiger partial charge on any atom is 0.133 e. The second kappa shape index (κ2) is 6.20. The van der Waals surface area contributed by atoms with Crippen LogP contribution in [0.25, 0.3) is 0 Å². The van der Waals surface area contributed by atoms with Crippen molar-refractivity contribution >= 4 is 15.9 Å². The van der Waals surface area contributed by atoms with E-state index < -0.39 is 0 Å². The summed E-state index contributed by atoms with van der Waals surface area (Å²) in [7, 11) is 3.93. The second-order valence-corrected chi connectivity index (χ2v) is 6.52. The Kier molecular flexibility index (Phi) is 4.32. The van der Waals surface area contributed by atoms with Crippen molar-refractivity contribution in [2.24, 2.45) is 0 Å². The average Bonchev–Trinajstić information content (AvgIpc) is 2.67. The summed E-state index contributed by atoms with van der Waals surface area (Å²) < 4.78 is 6.54. The first-order chi connectivity index (χ1) is 10.2. The monoisotopic (exact) mass is 345 g/mol. The molecule has 0 aromatic heterocycles. The molecule has 3 rings (SSSR count). The second-order valence-electron chi connectivity index (χ2n) is 5.66. The Morgan fingerprint density at radius 2 is 1.95 bits per heavy atom. The molecule has 1 aliphatic heterocycles. The molecule has 0 saturated carbocycles. The third kappa shape index (κ3) is 2.99. The van der Waals surface area contributed by atoms with Gasteiger partial charge in [-0.05, 0) is 58.2 Å². The van der Waals surface area contributed by atoms with Crippen molar-refractivity contribution in [3.8, 4) is 5.75 Å². The van der Waals surface area contributed by atoms with Gasteiger partial charge in [0.25, 0.3) is 0 Å². The van der Waals surface area contributed by atoms with Crippen LogP contribution in [-0.2, 0) is 6.42 Å². The molecule has 1 aliphatic rings. The van der Waals surface area contributed by atoms with Gasteiger partial charge in [-0.1, -0.05) is 30.3 Å². The van der Waals surface area contributed by atoms with Crippen LogP contribution >= 0.6 is 15.9 Å². The molecule has 3 heteroatoms. The number of hydrogen-bond donors (Lipinski definition) is 0. The zero-order valence-electron chi connectivity index (χ0n) is 12.5. The minimum atomic E-state index is 0.399. The van der Waals surface area contributed by atoms with Crippen LogP contribution in [-0.4, -0.2) is 32.1 Å². The standard InChI is InChI=1S/C18H20BrNO/c1-20-9-8-14-10-17(19)18(21-2)11-15(14)16(12-20)13-6-4-3-5-7-13/h3-7,10-11,16H,8-9,12H2,1-2H3/t16-/m0/s1. The van der Waals surface area contributed by atoms with Gasteiger partial charge in [-0.3, -0.25) is 0 Å². The summed E-state index contributed by atoms with van der Waals surface area (Å²) in [6.07, 6.45) is 1.08. The lowest BCUT2D eigenvalue weighted by atomic mass is 9.88. The zero-order valence-corrected chi connectivity index (χ0v) is 14.1. The number of rotatable bonds is 2. The van der Waals surface area contributed by atoms with E-state index in [0.717, 1.165) is 29.7 Å². The molecule has 0 bridgehead atoms. The summed E-state index contributed by atoms with van der Waals surface area (Å²) >= 11 is 3.61. The molecular weight excluding hydrogens is 326 g/mol. The number of likely N-dealkylation sites (N-methyl/N-ethyl adjacent to an activating group) is 1. The molecule has 0 spiro atoms. The Bertz CT molecular complexity index is 627. The first-order valence-electron chi connectivity index (χ1n) is 7.29. The molecule has 2 aromatic carbocycles. The first kappa shape index (κ1) is 14.6. The highest BCUT2D eigenvalue weighted by molar-refractivity contribution is 9.10. The molecule has 2 nitrogen and oxygen atoms in total. The van der Waals surface area contributed by atoms with Crippen molar-refractivity contribution in [3.05, 3.63) is 63.6 Å². The number of fused-ring (bicyclic) bond motifs is 1. The SMILES string of the molecule is COc1cc2c(cc1Br)CCN(C)C[C@H]2c1ccccc1. The van der Waals surface area contributed by atoms with Gasteiger partial charge >= 0.3 is 0 Å². The first-order valence-corrected chi connectivity index (χ1v) is 8.08. The van der Waals surface area contributed by atoms with E-state index in [2.05, 4.69) is 70.3 Å². The molecule has 110 valence electrons. The Morgan fingerprint density at radius 3 is 2.67 bits per heavy atom. The number of benzene rings is 2. The fourth-order valence-electron chi connectivity index (χ4n) is 3.09. The predicted molar refractivity (Wildman–Crippen MR) is 90.2 cm³/mol. The Morgan fingerprint density at radius 1 is 1.19 bits per heavy atom. The summed E-state index contributed by atoms with van der Waals surface area (Å²) in [5, 5.41) is 0. The van der Waals surface area contributed by atoms with Crippen molar-refractivity contribution in [2.45, 2.75) is 12.3 Å². The van der Waals surface area contributed by atoms with E-state index >= 15 is 0 Å². The van der Waals surface area contributed by atoms with E-state index in [9.17, 15) is 0 Å². The largest absolute Gasteiger partial charge is 0.496 e. The van der Waals surface area contributed by atoms with Crippen LogP contribution in [0.15, 0.2) is 46.9 Å². The van der Waals surface area contributed by atoms with Gasteiger partial charge in [-0.2, -0.15) is 0 Å². The third-order valence-electron chi connectivity index (χ3n) is 4.25. The van der Waals surface area contributed by atoms with Gasteiger partial charge in [0, 0.05) is 19.0 Å². The molecule has 0 N–H and O–H groups in total. The summed E-state index contributed by atoms with van der Waals surface area (Å²) in [4.78, 5) is 2.41. The van der Waals surface area contributed by atoms with E-state index in [0.29, 0.717) is 5.92 Å². The summed E-state index contributed by atoms with van der Waals surface area (Å²) in [5.74, 6) is 1.31. The summed E-state index contributed by atoms with van der Waals surface area (Å²) in [6, 6.07) is 15.2. The van der Waals surface area contributed by atoms with E-state index in [1.807, 2.05) is 0 Å². The van der Waals surface area contributed by atoms with Crippen LogP contribution in [0.1, 0.15) is 22.6 Å². The fourth-order valence-corrected chi connectivity index (χ4v) is 3.64. The van der Waals surface area contributed by atoms with Gasteiger partial charge in [0.2, 0.25) is 0 Å². The minimum Gasteiger partial charge on any atom is -0.496 e. The van der Waals surface area contributed by atoms with Crippen molar-refractivity contribution < 1.29 is 4.74 Å². The Labute approximate surface area is 134 Å². The maximum absolute atomic E-state index is 5.50.